The quantitative estimate of drug-likeness (QED) is 0.828. The Balaban J connectivity index is 2.37. The van der Waals surface area contributed by atoms with Crippen molar-refractivity contribution in [3.05, 3.63) is 16.7 Å². The van der Waals surface area contributed by atoms with Crippen molar-refractivity contribution in [1.82, 2.24) is 9.97 Å². The van der Waals surface area contributed by atoms with Crippen molar-refractivity contribution in [1.29, 1.82) is 0 Å². The van der Waals surface area contributed by atoms with Gasteiger partial charge in [0.25, 0.3) is 0 Å². The second-order valence-corrected chi connectivity index (χ2v) is 4.91. The van der Waals surface area contributed by atoms with Crippen LogP contribution >= 0.6 is 22.9 Å². The molecule has 2 rings (SSSR count). The van der Waals surface area contributed by atoms with Gasteiger partial charge in [0, 0.05) is 5.38 Å². The predicted octanol–water partition coefficient (Wildman–Crippen LogP) is 3.38. The van der Waals surface area contributed by atoms with Crippen molar-refractivity contribution >= 4 is 33.2 Å². The van der Waals surface area contributed by atoms with Gasteiger partial charge >= 0.3 is 0 Å². The Hall–Kier alpha value is -0.870. The lowest BCUT2D eigenvalue weighted by Gasteiger charge is -2.08. The monoisotopic (exact) mass is 242 g/mol. The van der Waals surface area contributed by atoms with Crippen molar-refractivity contribution < 1.29 is 4.74 Å². The molecule has 2 aromatic heterocycles. The van der Waals surface area contributed by atoms with Gasteiger partial charge in [-0.1, -0.05) is 25.4 Å². The summed E-state index contributed by atoms with van der Waals surface area (Å²) in [6.45, 7) is 4.82. The molecular weight excluding hydrogens is 232 g/mol. The Morgan fingerprint density at radius 3 is 3.00 bits per heavy atom. The third-order valence-electron chi connectivity index (χ3n) is 1.84. The Morgan fingerprint density at radius 2 is 2.27 bits per heavy atom. The zero-order valence-electron chi connectivity index (χ0n) is 8.53. The molecule has 0 atom stereocenters. The summed E-state index contributed by atoms with van der Waals surface area (Å²) in [4.78, 5) is 9.10. The van der Waals surface area contributed by atoms with Crippen LogP contribution in [-0.4, -0.2) is 16.6 Å². The first-order valence-corrected chi connectivity index (χ1v) is 5.94. The first kappa shape index (κ1) is 10.6. The van der Waals surface area contributed by atoms with Crippen LogP contribution in [0, 0.1) is 5.92 Å². The summed E-state index contributed by atoms with van der Waals surface area (Å²) in [5.41, 5.74) is 0. The van der Waals surface area contributed by atoms with Crippen molar-refractivity contribution in [2.75, 3.05) is 6.61 Å². The molecule has 0 N–H and O–H groups in total. The van der Waals surface area contributed by atoms with E-state index < -0.39 is 0 Å². The van der Waals surface area contributed by atoms with E-state index in [0.29, 0.717) is 23.4 Å². The molecule has 0 saturated heterocycles. The number of aromatic nitrogens is 2. The molecule has 0 saturated carbocycles. The molecule has 80 valence electrons. The molecule has 3 nitrogen and oxygen atoms in total. The second kappa shape index (κ2) is 4.33. The molecule has 5 heteroatoms. The average molecular weight is 243 g/mol. The summed E-state index contributed by atoms with van der Waals surface area (Å²) in [5.74, 6) is 1.05. The fourth-order valence-corrected chi connectivity index (χ4v) is 2.29. The minimum absolute atomic E-state index is 0.465. The highest BCUT2D eigenvalue weighted by Crippen LogP contribution is 2.33. The van der Waals surface area contributed by atoms with Gasteiger partial charge in [0.15, 0.2) is 0 Å². The lowest BCUT2D eigenvalue weighted by atomic mass is 10.2. The van der Waals surface area contributed by atoms with E-state index in [-0.39, 0.29) is 0 Å². The largest absolute Gasteiger partial charge is 0.477 e. The number of thiophene rings is 1. The van der Waals surface area contributed by atoms with Crippen LogP contribution in [0.5, 0.6) is 5.88 Å². The molecule has 0 radical (unpaired) electrons. The summed E-state index contributed by atoms with van der Waals surface area (Å²) >= 11 is 7.54. The first-order valence-electron chi connectivity index (χ1n) is 4.69. The van der Waals surface area contributed by atoms with Gasteiger partial charge in [0.2, 0.25) is 5.88 Å². The lowest BCUT2D eigenvalue weighted by molar-refractivity contribution is 0.264. The molecular formula is C10H11ClN2OS. The molecule has 0 aliphatic heterocycles. The van der Waals surface area contributed by atoms with Gasteiger partial charge in [-0.25, -0.2) is 9.97 Å². The first-order chi connectivity index (χ1) is 7.18. The molecule has 0 aromatic carbocycles. The normalized spacial score (nSPS) is 11.2. The number of halogens is 1. The minimum Gasteiger partial charge on any atom is -0.477 e. The number of nitrogens with zero attached hydrogens (tertiary/aromatic N) is 2. The maximum absolute atomic E-state index is 6.04. The van der Waals surface area contributed by atoms with Crippen LogP contribution < -0.4 is 4.74 Å². The highest BCUT2D eigenvalue weighted by molar-refractivity contribution is 7.17. The third kappa shape index (κ3) is 2.21. The topological polar surface area (TPSA) is 35.0 Å². The lowest BCUT2D eigenvalue weighted by Crippen LogP contribution is -2.05. The molecule has 0 amide bonds. The van der Waals surface area contributed by atoms with E-state index in [1.54, 1.807) is 0 Å². The number of fused-ring (bicyclic) bond motifs is 1. The summed E-state index contributed by atoms with van der Waals surface area (Å²) < 4.78 is 5.59. The van der Waals surface area contributed by atoms with Crippen LogP contribution in [0.25, 0.3) is 10.2 Å². The fraction of sp³-hybridized carbons (Fsp3) is 0.400. The van der Waals surface area contributed by atoms with E-state index >= 15 is 0 Å². The van der Waals surface area contributed by atoms with Crippen molar-refractivity contribution in [2.24, 2.45) is 5.92 Å². The van der Waals surface area contributed by atoms with Gasteiger partial charge in [-0.05, 0) is 5.92 Å². The highest BCUT2D eigenvalue weighted by Gasteiger charge is 2.11. The molecule has 0 fully saturated rings. The van der Waals surface area contributed by atoms with Crippen LogP contribution in [0.15, 0.2) is 11.7 Å². The molecule has 0 spiro atoms. The highest BCUT2D eigenvalue weighted by atomic mass is 35.5. The van der Waals surface area contributed by atoms with E-state index in [1.165, 1.54) is 17.7 Å². The van der Waals surface area contributed by atoms with Crippen LogP contribution in [0.1, 0.15) is 13.8 Å². The molecule has 2 heterocycles. The second-order valence-electron chi connectivity index (χ2n) is 3.65. The number of ether oxygens (including phenoxy) is 1. The Kier molecular flexibility index (Phi) is 3.07. The van der Waals surface area contributed by atoms with Gasteiger partial charge in [-0.3, -0.25) is 0 Å². The number of hydrogen-bond donors (Lipinski definition) is 0. The van der Waals surface area contributed by atoms with E-state index in [2.05, 4.69) is 23.8 Å². The maximum atomic E-state index is 6.04. The average Bonchev–Trinajstić information content (AvgIpc) is 2.58. The fourth-order valence-electron chi connectivity index (χ4n) is 1.17. The Labute approximate surface area is 97.1 Å². The molecule has 0 bridgehead atoms. The van der Waals surface area contributed by atoms with Crippen molar-refractivity contribution in [3.8, 4) is 5.88 Å². The molecule has 0 aliphatic carbocycles. The zero-order chi connectivity index (χ0) is 10.8. The van der Waals surface area contributed by atoms with E-state index in [9.17, 15) is 0 Å². The summed E-state index contributed by atoms with van der Waals surface area (Å²) in [5, 5.41) is 3.34. The Bertz CT molecular complexity index is 469. The van der Waals surface area contributed by atoms with Gasteiger partial charge in [-0.15, -0.1) is 11.3 Å². The number of hydrogen-bond acceptors (Lipinski definition) is 4. The van der Waals surface area contributed by atoms with E-state index in [0.717, 1.165) is 10.2 Å². The van der Waals surface area contributed by atoms with Gasteiger partial charge in [-0.2, -0.15) is 0 Å². The summed E-state index contributed by atoms with van der Waals surface area (Å²) in [7, 11) is 0. The van der Waals surface area contributed by atoms with Crippen LogP contribution in [0.3, 0.4) is 0 Å². The van der Waals surface area contributed by atoms with E-state index in [4.69, 9.17) is 16.3 Å². The van der Waals surface area contributed by atoms with Crippen LogP contribution in [0.2, 0.25) is 5.02 Å². The summed E-state index contributed by atoms with van der Waals surface area (Å²) in [6.07, 6.45) is 1.50. The SMILES string of the molecule is CC(C)COc1ncnc2scc(Cl)c12. The van der Waals surface area contributed by atoms with Gasteiger partial charge in [0.1, 0.15) is 11.2 Å². The number of rotatable bonds is 3. The van der Waals surface area contributed by atoms with Crippen molar-refractivity contribution in [3.63, 3.8) is 0 Å². The Morgan fingerprint density at radius 1 is 1.47 bits per heavy atom. The molecule has 2 aromatic rings. The van der Waals surface area contributed by atoms with Crippen LogP contribution in [0.4, 0.5) is 0 Å². The van der Waals surface area contributed by atoms with E-state index in [1.807, 2.05) is 5.38 Å². The molecule has 0 aliphatic rings. The zero-order valence-corrected chi connectivity index (χ0v) is 10.1. The summed E-state index contributed by atoms with van der Waals surface area (Å²) in [6, 6.07) is 0. The minimum atomic E-state index is 0.465. The van der Waals surface area contributed by atoms with Crippen molar-refractivity contribution in [2.45, 2.75) is 13.8 Å². The smallest absolute Gasteiger partial charge is 0.226 e. The third-order valence-corrected chi connectivity index (χ3v) is 3.16. The maximum Gasteiger partial charge on any atom is 0.226 e. The van der Waals surface area contributed by atoms with Gasteiger partial charge in [0.05, 0.1) is 17.0 Å². The molecule has 0 unspecified atom stereocenters. The standard InChI is InChI=1S/C10H11ClN2OS/c1-6(2)3-14-9-8-7(11)4-15-10(8)13-5-12-9/h4-6H,3H2,1-2H3. The van der Waals surface area contributed by atoms with Crippen LogP contribution in [-0.2, 0) is 0 Å². The molecule has 15 heavy (non-hydrogen) atoms. The van der Waals surface area contributed by atoms with Gasteiger partial charge < -0.3 is 4.74 Å². The predicted molar refractivity (Wildman–Crippen MR) is 62.8 cm³/mol.